The van der Waals surface area contributed by atoms with Crippen molar-refractivity contribution in [2.24, 2.45) is 5.11 Å². The number of ether oxygens (including phenoxy) is 4. The van der Waals surface area contributed by atoms with Crippen molar-refractivity contribution in [3.8, 4) is 0 Å². The van der Waals surface area contributed by atoms with Crippen LogP contribution in [0.3, 0.4) is 0 Å². The van der Waals surface area contributed by atoms with Crippen molar-refractivity contribution in [2.45, 2.75) is 43.9 Å². The summed E-state index contributed by atoms with van der Waals surface area (Å²) in [7, 11) is 0. The summed E-state index contributed by atoms with van der Waals surface area (Å²) in [5, 5.41) is 12.5. The first-order chi connectivity index (χ1) is 13.4. The van der Waals surface area contributed by atoms with E-state index in [-0.39, 0.29) is 38.4 Å². The lowest BCUT2D eigenvalue weighted by molar-refractivity contribution is -0.0427. The van der Waals surface area contributed by atoms with E-state index in [9.17, 15) is 14.4 Å². The molecule has 3 heterocycles. The van der Waals surface area contributed by atoms with Crippen molar-refractivity contribution in [3.05, 3.63) is 43.0 Å². The Morgan fingerprint density at radius 1 is 1.36 bits per heavy atom. The fraction of sp³-hybridized carbons (Fsp3) is 0.667. The molecule has 152 valence electrons. The number of nitrogens with one attached hydrogen (secondary N) is 1. The third-order valence-corrected chi connectivity index (χ3v) is 4.46. The molecule has 0 spiro atoms. The normalized spacial score (nSPS) is 28.4. The average Bonchev–Trinajstić information content (AvgIpc) is 3.33. The summed E-state index contributed by atoms with van der Waals surface area (Å²) in [6.45, 7) is 1.07. The lowest BCUT2D eigenvalue weighted by Gasteiger charge is -2.16. The highest BCUT2D eigenvalue weighted by molar-refractivity contribution is 5.59. The summed E-state index contributed by atoms with van der Waals surface area (Å²) < 4.78 is 21.7. The largest absolute Gasteiger partial charge is 0.508 e. The molecule has 0 bridgehead atoms. The predicted octanol–water partition coefficient (Wildman–Crippen LogP) is -0.276. The van der Waals surface area contributed by atoms with E-state index in [2.05, 4.69) is 15.0 Å². The molecule has 0 amide bonds. The third-order valence-electron chi connectivity index (χ3n) is 4.46. The summed E-state index contributed by atoms with van der Waals surface area (Å²) in [5.74, 6) is 0. The summed E-state index contributed by atoms with van der Waals surface area (Å²) in [6, 6.07) is -0.688. The van der Waals surface area contributed by atoms with Crippen LogP contribution in [0.5, 0.6) is 0 Å². The zero-order valence-electron chi connectivity index (χ0n) is 14.9. The first-order valence-corrected chi connectivity index (χ1v) is 8.50. The first-order valence-electron chi connectivity index (χ1n) is 8.50. The van der Waals surface area contributed by atoms with Crippen LogP contribution < -0.4 is 11.2 Å². The number of azide groups is 1. The fourth-order valence-electron chi connectivity index (χ4n) is 2.85. The lowest BCUT2D eigenvalue weighted by atomic mass is 10.1. The van der Waals surface area contributed by atoms with Gasteiger partial charge in [0, 0.05) is 23.1 Å². The Morgan fingerprint density at radius 2 is 2.07 bits per heavy atom. The van der Waals surface area contributed by atoms with Crippen LogP contribution in [0.1, 0.15) is 18.2 Å². The van der Waals surface area contributed by atoms with Gasteiger partial charge in [-0.2, -0.15) is 0 Å². The molecule has 5 atom stereocenters. The van der Waals surface area contributed by atoms with Crippen molar-refractivity contribution in [1.29, 1.82) is 0 Å². The van der Waals surface area contributed by atoms with E-state index in [0.29, 0.717) is 5.56 Å². The number of H-pyrrole nitrogens is 1. The minimum absolute atomic E-state index is 0.0516. The van der Waals surface area contributed by atoms with Gasteiger partial charge in [0.1, 0.15) is 37.8 Å². The molecular weight excluding hydrogens is 378 g/mol. The summed E-state index contributed by atoms with van der Waals surface area (Å²) in [6.07, 6.45) is -1.73. The number of nitrogens with zero attached hydrogens (tertiary/aromatic N) is 4. The molecule has 1 aromatic rings. The first kappa shape index (κ1) is 19.9. The smallest absolute Gasteiger partial charge is 0.432 e. The van der Waals surface area contributed by atoms with Crippen LogP contribution in [0.15, 0.2) is 20.9 Å². The molecular formula is C15H19N5O8. The highest BCUT2D eigenvalue weighted by atomic mass is 16.7. The Labute approximate surface area is 157 Å². The van der Waals surface area contributed by atoms with E-state index in [4.69, 9.17) is 29.6 Å². The Hall–Kier alpha value is -2.86. The van der Waals surface area contributed by atoms with Crippen molar-refractivity contribution < 1.29 is 28.8 Å². The van der Waals surface area contributed by atoms with Crippen molar-refractivity contribution in [1.82, 2.24) is 9.55 Å². The van der Waals surface area contributed by atoms with Gasteiger partial charge < -0.3 is 24.1 Å². The fourth-order valence-corrected chi connectivity index (χ4v) is 2.85. The number of aromatic amines is 1. The number of carbonyl (C=O) groups is 1. The van der Waals surface area contributed by atoms with Crippen LogP contribution in [0, 0.1) is 6.92 Å². The molecule has 0 unspecified atom stereocenters. The zero-order valence-corrected chi connectivity index (χ0v) is 14.9. The molecule has 2 fully saturated rings. The maximum atomic E-state index is 12.0. The number of carbonyl (C=O) groups excluding carboxylic acids is 1. The maximum Gasteiger partial charge on any atom is 0.508 e. The van der Waals surface area contributed by atoms with E-state index >= 15 is 0 Å². The summed E-state index contributed by atoms with van der Waals surface area (Å²) >= 11 is 0. The van der Waals surface area contributed by atoms with E-state index in [0.717, 1.165) is 0 Å². The Bertz CT molecular complexity index is 891. The van der Waals surface area contributed by atoms with Gasteiger partial charge in [0.25, 0.3) is 5.56 Å². The number of aliphatic hydroxyl groups excluding tert-OH is 1. The SMILES string of the molecule is Cc1cn([C@H]2C[C@H](N=[N+]=[N-])[C@@H](COC(=O)OC[C@H]3O[C@H]3CO)O2)c(=O)[nH]c1=O. The van der Waals surface area contributed by atoms with Gasteiger partial charge in [0.05, 0.1) is 12.6 Å². The Balaban J connectivity index is 1.58. The van der Waals surface area contributed by atoms with Gasteiger partial charge in [-0.15, -0.1) is 0 Å². The van der Waals surface area contributed by atoms with Crippen molar-refractivity contribution in [3.63, 3.8) is 0 Å². The number of hydrogen-bond acceptors (Lipinski definition) is 9. The lowest BCUT2D eigenvalue weighted by Crippen LogP contribution is -2.33. The van der Waals surface area contributed by atoms with Gasteiger partial charge in [-0.05, 0) is 12.5 Å². The van der Waals surface area contributed by atoms with Crippen LogP contribution in [0.25, 0.3) is 10.4 Å². The summed E-state index contributed by atoms with van der Waals surface area (Å²) in [4.78, 5) is 40.1. The minimum Gasteiger partial charge on any atom is -0.432 e. The Kier molecular flexibility index (Phi) is 5.99. The van der Waals surface area contributed by atoms with Gasteiger partial charge in [0.15, 0.2) is 0 Å². The molecule has 0 aliphatic carbocycles. The molecule has 13 nitrogen and oxygen atoms in total. The van der Waals surface area contributed by atoms with Crippen LogP contribution in [-0.2, 0) is 18.9 Å². The second-order valence-electron chi connectivity index (χ2n) is 6.38. The maximum absolute atomic E-state index is 12.0. The van der Waals surface area contributed by atoms with Gasteiger partial charge in [-0.25, -0.2) is 9.59 Å². The second kappa shape index (κ2) is 8.44. The van der Waals surface area contributed by atoms with Gasteiger partial charge in [-0.3, -0.25) is 14.3 Å². The second-order valence-corrected chi connectivity index (χ2v) is 6.38. The quantitative estimate of drug-likeness (QED) is 0.207. The van der Waals surface area contributed by atoms with Crippen LogP contribution in [0.2, 0.25) is 0 Å². The molecule has 0 aromatic carbocycles. The highest BCUT2D eigenvalue weighted by Crippen LogP contribution is 2.30. The molecule has 2 aliphatic rings. The molecule has 1 aromatic heterocycles. The van der Waals surface area contributed by atoms with E-state index in [1.807, 2.05) is 0 Å². The van der Waals surface area contributed by atoms with E-state index in [1.165, 1.54) is 17.7 Å². The molecule has 3 rings (SSSR count). The van der Waals surface area contributed by atoms with E-state index in [1.54, 1.807) is 0 Å². The number of rotatable bonds is 7. The van der Waals surface area contributed by atoms with Gasteiger partial charge >= 0.3 is 11.8 Å². The third kappa shape index (κ3) is 4.51. The molecule has 13 heteroatoms. The molecule has 0 saturated carbocycles. The topological polar surface area (TPSA) is 181 Å². The van der Waals surface area contributed by atoms with Gasteiger partial charge in [0.2, 0.25) is 0 Å². The number of hydrogen-bond donors (Lipinski definition) is 2. The predicted molar refractivity (Wildman–Crippen MR) is 90.6 cm³/mol. The molecule has 2 saturated heterocycles. The number of epoxide rings is 1. The Morgan fingerprint density at radius 3 is 2.71 bits per heavy atom. The standard InChI is InChI=1S/C15H19N5O8/c1-7-3-20(14(23)17-13(7)22)12-2-8(18-19-16)10(28-12)5-25-15(24)26-6-11-9(4-21)27-11/h3,8-12,21H,2,4-6H2,1H3,(H,17,22,23)/t8-,9-,10+,11+,12+/m0/s1. The molecule has 0 radical (unpaired) electrons. The van der Waals surface area contributed by atoms with Crippen molar-refractivity contribution in [2.75, 3.05) is 19.8 Å². The van der Waals surface area contributed by atoms with Crippen LogP contribution in [0.4, 0.5) is 4.79 Å². The number of aromatic nitrogens is 2. The number of aryl methyl sites for hydroxylation is 1. The molecule has 28 heavy (non-hydrogen) atoms. The number of aliphatic hydroxyl groups is 1. The van der Waals surface area contributed by atoms with Crippen molar-refractivity contribution >= 4 is 6.16 Å². The van der Waals surface area contributed by atoms with Gasteiger partial charge in [-0.1, -0.05) is 5.11 Å². The minimum atomic E-state index is -0.962. The zero-order chi connectivity index (χ0) is 20.3. The van der Waals surface area contributed by atoms with Crippen LogP contribution in [-0.4, -0.2) is 65.0 Å². The van der Waals surface area contributed by atoms with E-state index < -0.39 is 35.8 Å². The monoisotopic (exact) mass is 397 g/mol. The average molecular weight is 397 g/mol. The van der Waals surface area contributed by atoms with Crippen LogP contribution >= 0.6 is 0 Å². The highest BCUT2D eigenvalue weighted by Gasteiger charge is 2.40. The molecule has 2 aliphatic heterocycles. The molecule has 2 N–H and O–H groups in total. The summed E-state index contributed by atoms with van der Waals surface area (Å²) in [5.41, 5.74) is 7.88.